The molecule has 0 aliphatic heterocycles. The molecule has 0 heterocycles. The van der Waals surface area contributed by atoms with Gasteiger partial charge in [0.1, 0.15) is 11.5 Å². The van der Waals surface area contributed by atoms with Crippen LogP contribution in [0.15, 0.2) is 24.8 Å². The van der Waals surface area contributed by atoms with E-state index in [4.69, 9.17) is 8.85 Å². The lowest BCUT2D eigenvalue weighted by Crippen LogP contribution is -2.32. The topological polar surface area (TPSA) is 18.5 Å². The van der Waals surface area contributed by atoms with Gasteiger partial charge in [-0.3, -0.25) is 0 Å². The maximum absolute atomic E-state index is 6.11. The van der Waals surface area contributed by atoms with Gasteiger partial charge in [0.05, 0.1) is 0 Å². The van der Waals surface area contributed by atoms with Gasteiger partial charge < -0.3 is 8.85 Å². The van der Waals surface area contributed by atoms with Crippen molar-refractivity contribution < 1.29 is 8.85 Å². The molecule has 1 aromatic carbocycles. The van der Waals surface area contributed by atoms with E-state index in [1.54, 1.807) is 0 Å². The first-order valence-corrected chi connectivity index (χ1v) is 13.1. The van der Waals surface area contributed by atoms with Crippen molar-refractivity contribution in [1.82, 2.24) is 0 Å². The Bertz CT molecular complexity index is 428. The number of hydrogen-bond acceptors (Lipinski definition) is 2. The van der Waals surface area contributed by atoms with E-state index in [2.05, 4.69) is 45.9 Å². The van der Waals surface area contributed by atoms with Crippen LogP contribution in [-0.4, -0.2) is 16.6 Å². The highest BCUT2D eigenvalue weighted by Gasteiger charge is 2.22. The number of rotatable bonds is 5. The van der Waals surface area contributed by atoms with Crippen molar-refractivity contribution in [2.45, 2.75) is 39.3 Å². The average molecular weight is 281 g/mol. The highest BCUT2D eigenvalue weighted by molar-refractivity contribution is 6.71. The summed E-state index contributed by atoms with van der Waals surface area (Å²) in [4.78, 5) is 0. The van der Waals surface area contributed by atoms with Crippen LogP contribution in [0.5, 0.6) is 11.5 Å². The minimum absolute atomic E-state index is 0.856. The maximum atomic E-state index is 6.11. The summed E-state index contributed by atoms with van der Waals surface area (Å²) in [6.07, 6.45) is 1.83. The van der Waals surface area contributed by atoms with Crippen LogP contribution >= 0.6 is 0 Å². The molecule has 0 aliphatic carbocycles. The molecule has 2 nitrogen and oxygen atoms in total. The summed E-state index contributed by atoms with van der Waals surface area (Å²) in [5, 5.41) is 0. The molecule has 100 valence electrons. The standard InChI is InChI=1S/C14H24O2Si2/c1-8-12-9-10-13(15-17(2,3)4)14(11-12)16-18(5,6)7/h8-11H,1H2,2-7H3. The molecule has 0 unspecified atom stereocenters. The van der Waals surface area contributed by atoms with Gasteiger partial charge in [-0.15, -0.1) is 0 Å². The first-order valence-electron chi connectivity index (χ1n) is 6.25. The third kappa shape index (κ3) is 5.10. The SMILES string of the molecule is C=Cc1ccc(O[Si](C)(C)C)c(O[Si](C)(C)C)c1. The molecule has 0 saturated carbocycles. The van der Waals surface area contributed by atoms with Crippen LogP contribution in [-0.2, 0) is 0 Å². The summed E-state index contributed by atoms with van der Waals surface area (Å²) >= 11 is 0. The molecule has 0 atom stereocenters. The Balaban J connectivity index is 3.12. The maximum Gasteiger partial charge on any atom is 0.242 e. The second-order valence-corrected chi connectivity index (χ2v) is 15.2. The van der Waals surface area contributed by atoms with Crippen molar-refractivity contribution in [2.75, 3.05) is 0 Å². The van der Waals surface area contributed by atoms with Crippen molar-refractivity contribution in [1.29, 1.82) is 0 Å². The summed E-state index contributed by atoms with van der Waals surface area (Å²) in [6.45, 7) is 16.8. The zero-order valence-electron chi connectivity index (χ0n) is 12.3. The van der Waals surface area contributed by atoms with Crippen LogP contribution in [0.4, 0.5) is 0 Å². The van der Waals surface area contributed by atoms with Gasteiger partial charge in [0.15, 0.2) is 0 Å². The Morgan fingerprint density at radius 3 is 1.83 bits per heavy atom. The normalized spacial score (nSPS) is 12.1. The first kappa shape index (κ1) is 15.1. The smallest absolute Gasteiger partial charge is 0.242 e. The van der Waals surface area contributed by atoms with Gasteiger partial charge in [-0.2, -0.15) is 0 Å². The molecule has 0 amide bonds. The minimum atomic E-state index is -1.64. The van der Waals surface area contributed by atoms with Crippen LogP contribution in [0.1, 0.15) is 5.56 Å². The molecule has 0 N–H and O–H groups in total. The fourth-order valence-corrected chi connectivity index (χ4v) is 3.12. The fourth-order valence-electron chi connectivity index (χ4n) is 1.48. The quantitative estimate of drug-likeness (QED) is 0.724. The first-order chi connectivity index (χ1) is 8.11. The molecular formula is C14H24O2Si2. The van der Waals surface area contributed by atoms with Crippen LogP contribution < -0.4 is 8.85 Å². The third-order valence-electron chi connectivity index (χ3n) is 2.04. The predicted molar refractivity (Wildman–Crippen MR) is 84.5 cm³/mol. The van der Waals surface area contributed by atoms with Crippen LogP contribution in [0.2, 0.25) is 39.3 Å². The third-order valence-corrected chi connectivity index (χ3v) is 3.70. The lowest BCUT2D eigenvalue weighted by Gasteiger charge is -2.26. The lowest BCUT2D eigenvalue weighted by atomic mass is 10.2. The summed E-state index contributed by atoms with van der Waals surface area (Å²) in [5.41, 5.74) is 1.06. The van der Waals surface area contributed by atoms with Crippen LogP contribution in [0.3, 0.4) is 0 Å². The molecule has 0 fully saturated rings. The summed E-state index contributed by atoms with van der Waals surface area (Å²) in [7, 11) is -3.26. The number of hydrogen-bond donors (Lipinski definition) is 0. The molecule has 4 heteroatoms. The van der Waals surface area contributed by atoms with Crippen molar-refractivity contribution in [3.63, 3.8) is 0 Å². The van der Waals surface area contributed by atoms with Gasteiger partial charge >= 0.3 is 0 Å². The van der Waals surface area contributed by atoms with Gasteiger partial charge in [-0.05, 0) is 57.0 Å². The molecule has 1 aromatic rings. The lowest BCUT2D eigenvalue weighted by molar-refractivity contribution is 0.489. The molecule has 1 rings (SSSR count). The Morgan fingerprint density at radius 1 is 0.889 bits per heavy atom. The van der Waals surface area contributed by atoms with Crippen molar-refractivity contribution in [3.05, 3.63) is 30.3 Å². The highest BCUT2D eigenvalue weighted by Crippen LogP contribution is 2.32. The molecule has 18 heavy (non-hydrogen) atoms. The predicted octanol–water partition coefficient (Wildman–Crippen LogP) is 4.76. The van der Waals surface area contributed by atoms with E-state index in [1.165, 1.54) is 0 Å². The Hall–Kier alpha value is -1.01. The fraction of sp³-hybridized carbons (Fsp3) is 0.429. The highest BCUT2D eigenvalue weighted by atomic mass is 28.4. The molecule has 0 aliphatic rings. The Labute approximate surface area is 113 Å². The van der Waals surface area contributed by atoms with E-state index < -0.39 is 16.6 Å². The van der Waals surface area contributed by atoms with Gasteiger partial charge in [0.25, 0.3) is 0 Å². The molecule has 0 radical (unpaired) electrons. The second kappa shape index (κ2) is 5.32. The average Bonchev–Trinajstić information content (AvgIpc) is 2.16. The minimum Gasteiger partial charge on any atom is -0.542 e. The molecule has 0 aromatic heterocycles. The van der Waals surface area contributed by atoms with Gasteiger partial charge in [-0.1, -0.05) is 18.7 Å². The van der Waals surface area contributed by atoms with Gasteiger partial charge in [0, 0.05) is 0 Å². The zero-order valence-corrected chi connectivity index (χ0v) is 14.3. The van der Waals surface area contributed by atoms with Crippen molar-refractivity contribution in [3.8, 4) is 11.5 Å². The summed E-state index contributed by atoms with van der Waals surface area (Å²) < 4.78 is 12.2. The van der Waals surface area contributed by atoms with E-state index in [-0.39, 0.29) is 0 Å². The zero-order chi connectivity index (χ0) is 14.0. The van der Waals surface area contributed by atoms with Crippen LogP contribution in [0, 0.1) is 0 Å². The molecule has 0 spiro atoms. The summed E-state index contributed by atoms with van der Waals surface area (Å²) in [6, 6.07) is 6.02. The van der Waals surface area contributed by atoms with E-state index in [0.29, 0.717) is 0 Å². The van der Waals surface area contributed by atoms with Gasteiger partial charge in [-0.25, -0.2) is 0 Å². The van der Waals surface area contributed by atoms with Gasteiger partial charge in [0.2, 0.25) is 16.6 Å². The van der Waals surface area contributed by atoms with E-state index in [9.17, 15) is 0 Å². The number of benzene rings is 1. The van der Waals surface area contributed by atoms with Crippen molar-refractivity contribution >= 4 is 22.7 Å². The van der Waals surface area contributed by atoms with Crippen molar-refractivity contribution in [2.24, 2.45) is 0 Å². The summed E-state index contributed by atoms with van der Waals surface area (Å²) in [5.74, 6) is 1.72. The monoisotopic (exact) mass is 280 g/mol. The molecule has 0 saturated heterocycles. The second-order valence-electron chi connectivity index (χ2n) is 6.34. The van der Waals surface area contributed by atoms with E-state index in [0.717, 1.165) is 17.1 Å². The van der Waals surface area contributed by atoms with E-state index in [1.807, 2.05) is 24.3 Å². The Kier molecular flexibility index (Phi) is 4.45. The largest absolute Gasteiger partial charge is 0.542 e. The van der Waals surface area contributed by atoms with E-state index >= 15 is 0 Å². The van der Waals surface area contributed by atoms with Crippen LogP contribution in [0.25, 0.3) is 6.08 Å². The molecule has 0 bridgehead atoms. The Morgan fingerprint density at radius 2 is 1.39 bits per heavy atom. The molecular weight excluding hydrogens is 256 g/mol.